The zero-order valence-electron chi connectivity index (χ0n) is 11.4. The maximum atomic E-state index is 12.4. The number of anilines is 1. The molecule has 1 heterocycles. The zero-order chi connectivity index (χ0) is 15.3. The fourth-order valence-corrected chi connectivity index (χ4v) is 3.15. The summed E-state index contributed by atoms with van der Waals surface area (Å²) in [6.45, 7) is 2.48. The average Bonchev–Trinajstić information content (AvgIpc) is 2.46. The lowest BCUT2D eigenvalue weighted by molar-refractivity contribution is 0.319. The number of para-hydroxylation sites is 2. The number of ether oxygens (including phenoxy) is 1. The topological polar surface area (TPSA) is 68.3 Å². The van der Waals surface area contributed by atoms with Crippen LogP contribution in [0.15, 0.2) is 47.6 Å². The first-order chi connectivity index (χ1) is 10.0. The molecule has 0 aliphatic carbocycles. The van der Waals surface area contributed by atoms with Crippen LogP contribution in [-0.2, 0) is 10.0 Å². The molecule has 2 aromatic rings. The predicted octanol–water partition coefficient (Wildman–Crippen LogP) is 3.32. The van der Waals surface area contributed by atoms with Crippen LogP contribution in [0.4, 0.5) is 5.69 Å². The Morgan fingerprint density at radius 1 is 1.29 bits per heavy atom. The van der Waals surface area contributed by atoms with E-state index in [0.29, 0.717) is 18.0 Å². The van der Waals surface area contributed by atoms with E-state index in [4.69, 9.17) is 16.3 Å². The first kappa shape index (κ1) is 15.6. The molecule has 0 spiro atoms. The number of benzene rings is 1. The van der Waals surface area contributed by atoms with Gasteiger partial charge in [-0.05, 0) is 24.6 Å². The Balaban J connectivity index is 2.31. The van der Waals surface area contributed by atoms with Crippen LogP contribution in [-0.4, -0.2) is 20.0 Å². The Bertz CT molecular complexity index is 720. The minimum Gasteiger partial charge on any atom is -0.491 e. The molecular weight excluding hydrogens is 312 g/mol. The third-order valence-electron chi connectivity index (χ3n) is 2.62. The molecule has 0 saturated heterocycles. The summed E-state index contributed by atoms with van der Waals surface area (Å²) >= 11 is 5.91. The lowest BCUT2D eigenvalue weighted by Gasteiger charge is -2.13. The fraction of sp³-hybridized carbons (Fsp3) is 0.214. The number of aromatic nitrogens is 1. The van der Waals surface area contributed by atoms with Crippen molar-refractivity contribution in [2.75, 3.05) is 11.3 Å². The van der Waals surface area contributed by atoms with Gasteiger partial charge in [0.05, 0.1) is 17.3 Å². The summed E-state index contributed by atoms with van der Waals surface area (Å²) in [5.74, 6) is 0.475. The van der Waals surface area contributed by atoms with Crippen molar-refractivity contribution in [3.63, 3.8) is 0 Å². The van der Waals surface area contributed by atoms with E-state index in [2.05, 4.69) is 9.71 Å². The highest BCUT2D eigenvalue weighted by Crippen LogP contribution is 2.28. The molecule has 0 radical (unpaired) electrons. The smallest absolute Gasteiger partial charge is 0.265 e. The predicted molar refractivity (Wildman–Crippen MR) is 82.3 cm³/mol. The number of halogens is 1. The van der Waals surface area contributed by atoms with Crippen LogP contribution in [0.1, 0.15) is 13.3 Å². The number of pyridine rings is 1. The van der Waals surface area contributed by atoms with Crippen LogP contribution in [0, 0.1) is 0 Å². The summed E-state index contributed by atoms with van der Waals surface area (Å²) < 4.78 is 32.7. The molecule has 112 valence electrons. The minimum atomic E-state index is -3.82. The van der Waals surface area contributed by atoms with Gasteiger partial charge in [-0.2, -0.15) is 0 Å². The molecule has 21 heavy (non-hydrogen) atoms. The highest BCUT2D eigenvalue weighted by molar-refractivity contribution is 7.92. The van der Waals surface area contributed by atoms with Crippen LogP contribution < -0.4 is 9.46 Å². The van der Waals surface area contributed by atoms with E-state index in [1.165, 1.54) is 18.5 Å². The summed E-state index contributed by atoms with van der Waals surface area (Å²) in [6.07, 6.45) is 3.47. The average molecular weight is 327 g/mol. The van der Waals surface area contributed by atoms with Crippen molar-refractivity contribution in [1.82, 2.24) is 4.98 Å². The van der Waals surface area contributed by atoms with Gasteiger partial charge >= 0.3 is 0 Å². The first-order valence-corrected chi connectivity index (χ1v) is 8.25. The molecule has 0 fully saturated rings. The van der Waals surface area contributed by atoms with Crippen LogP contribution in [0.25, 0.3) is 0 Å². The zero-order valence-corrected chi connectivity index (χ0v) is 13.0. The summed E-state index contributed by atoms with van der Waals surface area (Å²) in [5.41, 5.74) is 0.367. The van der Waals surface area contributed by atoms with Gasteiger partial charge < -0.3 is 4.74 Å². The molecule has 0 aliphatic heterocycles. The molecule has 5 nitrogen and oxygen atoms in total. The van der Waals surface area contributed by atoms with E-state index < -0.39 is 10.0 Å². The van der Waals surface area contributed by atoms with Gasteiger partial charge in [0.15, 0.2) is 0 Å². The molecule has 0 bridgehead atoms. The van der Waals surface area contributed by atoms with Gasteiger partial charge in [-0.15, -0.1) is 0 Å². The van der Waals surface area contributed by atoms with Gasteiger partial charge in [0.25, 0.3) is 10.0 Å². The number of hydrogen-bond donors (Lipinski definition) is 1. The van der Waals surface area contributed by atoms with Crippen LogP contribution >= 0.6 is 11.6 Å². The number of sulfonamides is 1. The van der Waals surface area contributed by atoms with E-state index in [0.717, 1.165) is 6.42 Å². The van der Waals surface area contributed by atoms with Gasteiger partial charge in [0.1, 0.15) is 10.6 Å². The van der Waals surface area contributed by atoms with Crippen LogP contribution in [0.3, 0.4) is 0 Å². The first-order valence-electron chi connectivity index (χ1n) is 6.38. The van der Waals surface area contributed by atoms with E-state index in [1.54, 1.807) is 24.3 Å². The lowest BCUT2D eigenvalue weighted by atomic mass is 10.3. The second-order valence-electron chi connectivity index (χ2n) is 4.26. The normalized spacial score (nSPS) is 11.1. The Morgan fingerprint density at radius 3 is 2.76 bits per heavy atom. The third kappa shape index (κ3) is 3.86. The molecule has 0 atom stereocenters. The number of nitrogens with one attached hydrogen (secondary N) is 1. The van der Waals surface area contributed by atoms with Crippen molar-refractivity contribution < 1.29 is 13.2 Å². The SMILES string of the molecule is CCCOc1ccccc1NS(=O)(=O)c1cnccc1Cl. The molecule has 1 aromatic carbocycles. The van der Waals surface area contributed by atoms with E-state index in [-0.39, 0.29) is 9.92 Å². The van der Waals surface area contributed by atoms with Crippen molar-refractivity contribution in [3.05, 3.63) is 47.7 Å². The summed E-state index contributed by atoms with van der Waals surface area (Å²) in [4.78, 5) is 3.72. The molecule has 0 unspecified atom stereocenters. The third-order valence-corrected chi connectivity index (χ3v) is 4.45. The molecule has 7 heteroatoms. The number of nitrogens with zero attached hydrogens (tertiary/aromatic N) is 1. The quantitative estimate of drug-likeness (QED) is 0.884. The highest BCUT2D eigenvalue weighted by atomic mass is 35.5. The van der Waals surface area contributed by atoms with Gasteiger partial charge in [0, 0.05) is 12.4 Å². The maximum absolute atomic E-state index is 12.4. The highest BCUT2D eigenvalue weighted by Gasteiger charge is 2.19. The second-order valence-corrected chi connectivity index (χ2v) is 6.31. The van der Waals surface area contributed by atoms with Crippen LogP contribution in [0.2, 0.25) is 5.02 Å². The molecule has 1 aromatic heterocycles. The van der Waals surface area contributed by atoms with Crippen molar-refractivity contribution in [1.29, 1.82) is 0 Å². The van der Waals surface area contributed by atoms with E-state index in [1.807, 2.05) is 6.92 Å². The van der Waals surface area contributed by atoms with E-state index in [9.17, 15) is 8.42 Å². The number of rotatable bonds is 6. The Morgan fingerprint density at radius 2 is 2.05 bits per heavy atom. The molecule has 0 saturated carbocycles. The van der Waals surface area contributed by atoms with Crippen LogP contribution in [0.5, 0.6) is 5.75 Å². The largest absolute Gasteiger partial charge is 0.491 e. The van der Waals surface area contributed by atoms with Gasteiger partial charge in [-0.3, -0.25) is 9.71 Å². The molecule has 0 amide bonds. The summed E-state index contributed by atoms with van der Waals surface area (Å²) in [6, 6.07) is 8.27. The monoisotopic (exact) mass is 326 g/mol. The Labute approximate surface area is 129 Å². The van der Waals surface area contributed by atoms with Gasteiger partial charge in [-0.1, -0.05) is 30.7 Å². The number of hydrogen-bond acceptors (Lipinski definition) is 4. The standard InChI is InChI=1S/C14H15ClN2O3S/c1-2-9-20-13-6-4-3-5-12(13)17-21(18,19)14-10-16-8-7-11(14)15/h3-8,10,17H,2,9H2,1H3. The van der Waals surface area contributed by atoms with Gasteiger partial charge in [-0.25, -0.2) is 8.42 Å². The molecule has 2 rings (SSSR count). The molecular formula is C14H15ClN2O3S. The van der Waals surface area contributed by atoms with Crippen molar-refractivity contribution >= 4 is 27.3 Å². The second kappa shape index (κ2) is 6.78. The Hall–Kier alpha value is -1.79. The summed E-state index contributed by atoms with van der Waals surface area (Å²) in [7, 11) is -3.82. The lowest BCUT2D eigenvalue weighted by Crippen LogP contribution is -2.14. The van der Waals surface area contributed by atoms with Crippen molar-refractivity contribution in [3.8, 4) is 5.75 Å². The minimum absolute atomic E-state index is 0.0723. The van der Waals surface area contributed by atoms with Gasteiger partial charge in [0.2, 0.25) is 0 Å². The Kier molecular flexibility index (Phi) is 5.03. The maximum Gasteiger partial charge on any atom is 0.265 e. The van der Waals surface area contributed by atoms with Crippen molar-refractivity contribution in [2.24, 2.45) is 0 Å². The van der Waals surface area contributed by atoms with E-state index >= 15 is 0 Å². The van der Waals surface area contributed by atoms with Crippen molar-refractivity contribution in [2.45, 2.75) is 18.2 Å². The molecule has 1 N–H and O–H groups in total. The summed E-state index contributed by atoms with van der Waals surface area (Å²) in [5, 5.41) is 0.115. The fourth-order valence-electron chi connectivity index (χ4n) is 1.65. The molecule has 0 aliphatic rings.